The molecule has 0 radical (unpaired) electrons. The Kier molecular flexibility index (Phi) is 6.15. The Bertz CT molecular complexity index is 451. The molecular formula is C8H15NO9S2. The molecule has 5 atom stereocenters. The molecule has 0 aromatic heterocycles. The summed E-state index contributed by atoms with van der Waals surface area (Å²) in [5.41, 5.74) is -1.11. The topological polar surface area (TPSA) is 166 Å². The van der Waals surface area contributed by atoms with Crippen LogP contribution < -0.4 is 0 Å². The van der Waals surface area contributed by atoms with E-state index in [4.69, 9.17) is 14.4 Å². The van der Waals surface area contributed by atoms with Crippen LogP contribution in [0.4, 0.5) is 0 Å². The maximum atomic E-state index is 10.3. The van der Waals surface area contributed by atoms with E-state index in [1.165, 1.54) is 6.92 Å². The van der Waals surface area contributed by atoms with Gasteiger partial charge >= 0.3 is 10.4 Å². The number of thioether (sulfide) groups is 1. The molecule has 0 amide bonds. The first kappa shape index (κ1) is 17.6. The summed E-state index contributed by atoms with van der Waals surface area (Å²) < 4.78 is 37.9. The third-order valence-corrected chi connectivity index (χ3v) is 3.70. The van der Waals surface area contributed by atoms with Crippen LogP contribution in [0.5, 0.6) is 0 Å². The second-order valence-corrected chi connectivity index (χ2v) is 6.22. The van der Waals surface area contributed by atoms with E-state index in [0.717, 1.165) is 0 Å². The van der Waals surface area contributed by atoms with E-state index in [2.05, 4.69) is 9.44 Å². The van der Waals surface area contributed by atoms with Crippen molar-refractivity contribution in [3.05, 3.63) is 0 Å². The second kappa shape index (κ2) is 7.00. The van der Waals surface area contributed by atoms with Gasteiger partial charge in [0.05, 0.1) is 6.61 Å². The molecule has 5 unspecified atom stereocenters. The Balaban J connectivity index is 2.71. The predicted octanol–water partition coefficient (Wildman–Crippen LogP) is -2.33. The first-order valence-electron chi connectivity index (χ1n) is 5.33. The van der Waals surface area contributed by atoms with E-state index in [9.17, 15) is 23.7 Å². The van der Waals surface area contributed by atoms with Crippen LogP contribution in [0.15, 0.2) is 5.16 Å². The number of hydrogen-bond donors (Lipinski definition) is 5. The van der Waals surface area contributed by atoms with E-state index in [0.29, 0.717) is 11.8 Å². The molecule has 0 aliphatic carbocycles. The Morgan fingerprint density at radius 2 is 1.90 bits per heavy atom. The molecule has 12 heteroatoms. The normalized spacial score (nSPS) is 35.9. The summed E-state index contributed by atoms with van der Waals surface area (Å²) in [5.74, 6) is 0. The minimum Gasteiger partial charge on any atom is -0.394 e. The van der Waals surface area contributed by atoms with Gasteiger partial charge in [-0.2, -0.15) is 8.42 Å². The van der Waals surface area contributed by atoms with Crippen LogP contribution in [0.1, 0.15) is 6.92 Å². The molecule has 10 nitrogen and oxygen atoms in total. The van der Waals surface area contributed by atoms with Crippen molar-refractivity contribution in [1.82, 2.24) is 0 Å². The average molecular weight is 333 g/mol. The standard InChI is InChI=1S/C8H15NO9S2/c1-3(9-18-20(14,15)16)19-8-7(13)6(12)5(11)4(2-10)17-8/h4-8,10-13H,2H2,1H3,(H,14,15,16). The summed E-state index contributed by atoms with van der Waals surface area (Å²) >= 11 is 0.689. The van der Waals surface area contributed by atoms with Gasteiger partial charge in [-0.15, -0.1) is 0 Å². The number of hydrogen-bond acceptors (Lipinski definition) is 10. The highest BCUT2D eigenvalue weighted by atomic mass is 32.3. The van der Waals surface area contributed by atoms with Crippen molar-refractivity contribution in [3.63, 3.8) is 0 Å². The van der Waals surface area contributed by atoms with Crippen molar-refractivity contribution in [3.8, 4) is 0 Å². The molecule has 0 aromatic carbocycles. The number of aliphatic hydroxyl groups is 4. The molecule has 1 rings (SSSR count). The lowest BCUT2D eigenvalue weighted by Crippen LogP contribution is -2.57. The zero-order valence-corrected chi connectivity index (χ0v) is 11.9. The van der Waals surface area contributed by atoms with E-state index in [-0.39, 0.29) is 5.04 Å². The fraction of sp³-hybridized carbons (Fsp3) is 0.875. The van der Waals surface area contributed by atoms with Gasteiger partial charge in [-0.05, 0) is 6.92 Å². The minimum absolute atomic E-state index is 0.0352. The molecular weight excluding hydrogens is 318 g/mol. The fourth-order valence-corrected chi connectivity index (χ4v) is 2.62. The first-order chi connectivity index (χ1) is 9.15. The van der Waals surface area contributed by atoms with Crippen LogP contribution in [0.3, 0.4) is 0 Å². The van der Waals surface area contributed by atoms with E-state index in [1.807, 2.05) is 0 Å². The quantitative estimate of drug-likeness (QED) is 0.163. The van der Waals surface area contributed by atoms with Crippen LogP contribution in [0.2, 0.25) is 0 Å². The summed E-state index contributed by atoms with van der Waals surface area (Å²) in [6.45, 7) is 0.719. The molecule has 0 aromatic rings. The van der Waals surface area contributed by atoms with Crippen molar-refractivity contribution < 1.29 is 42.4 Å². The van der Waals surface area contributed by atoms with Crippen molar-refractivity contribution in [2.75, 3.05) is 6.61 Å². The average Bonchev–Trinajstić information content (AvgIpc) is 2.36. The molecule has 1 fully saturated rings. The highest BCUT2D eigenvalue weighted by Gasteiger charge is 2.43. The molecule has 0 saturated carbocycles. The van der Waals surface area contributed by atoms with Gasteiger partial charge in [0.1, 0.15) is 34.9 Å². The third kappa shape index (κ3) is 4.82. The Hall–Kier alpha value is -0.470. The molecule has 0 bridgehead atoms. The molecule has 118 valence electrons. The number of aliphatic hydroxyl groups excluding tert-OH is 4. The number of oxime groups is 1. The highest BCUT2D eigenvalue weighted by Crippen LogP contribution is 2.29. The zero-order chi connectivity index (χ0) is 15.5. The summed E-state index contributed by atoms with van der Waals surface area (Å²) in [4.78, 5) is 0. The molecule has 1 aliphatic heterocycles. The van der Waals surface area contributed by atoms with Crippen LogP contribution >= 0.6 is 11.8 Å². The lowest BCUT2D eigenvalue weighted by molar-refractivity contribution is -0.205. The highest BCUT2D eigenvalue weighted by molar-refractivity contribution is 8.14. The molecule has 1 aliphatic rings. The van der Waals surface area contributed by atoms with Crippen LogP contribution in [0, 0.1) is 0 Å². The van der Waals surface area contributed by atoms with Crippen molar-refractivity contribution in [1.29, 1.82) is 0 Å². The van der Waals surface area contributed by atoms with Crippen LogP contribution in [0.25, 0.3) is 0 Å². The van der Waals surface area contributed by atoms with Crippen molar-refractivity contribution in [2.24, 2.45) is 5.16 Å². The Morgan fingerprint density at radius 3 is 2.40 bits per heavy atom. The maximum Gasteiger partial charge on any atom is 0.466 e. The largest absolute Gasteiger partial charge is 0.466 e. The maximum absolute atomic E-state index is 10.3. The lowest BCUT2D eigenvalue weighted by atomic mass is 10.0. The second-order valence-electron chi connectivity index (χ2n) is 3.93. The number of ether oxygens (including phenoxy) is 1. The zero-order valence-electron chi connectivity index (χ0n) is 10.2. The minimum atomic E-state index is -4.74. The summed E-state index contributed by atoms with van der Waals surface area (Å²) in [5, 5.41) is 40.8. The van der Waals surface area contributed by atoms with Gasteiger partial charge in [0.15, 0.2) is 0 Å². The third-order valence-electron chi connectivity index (χ3n) is 2.40. The van der Waals surface area contributed by atoms with E-state index >= 15 is 0 Å². The lowest BCUT2D eigenvalue weighted by Gasteiger charge is -2.39. The number of rotatable bonds is 4. The summed E-state index contributed by atoms with van der Waals surface area (Å²) in [6.07, 6.45) is -5.61. The molecule has 1 heterocycles. The van der Waals surface area contributed by atoms with Gasteiger partial charge in [-0.3, -0.25) is 4.55 Å². The summed E-state index contributed by atoms with van der Waals surface area (Å²) in [6, 6.07) is 0. The SMILES string of the molecule is CC(=NOS(=O)(=O)O)SC1OC(CO)C(O)C(O)C1O. The van der Waals surface area contributed by atoms with Gasteiger partial charge in [-0.25, -0.2) is 4.28 Å². The predicted molar refractivity (Wildman–Crippen MR) is 67.1 cm³/mol. The van der Waals surface area contributed by atoms with Gasteiger partial charge in [-0.1, -0.05) is 16.9 Å². The Labute approximate surface area is 119 Å². The van der Waals surface area contributed by atoms with Crippen molar-refractivity contribution in [2.45, 2.75) is 36.8 Å². The van der Waals surface area contributed by atoms with Gasteiger partial charge in [0.25, 0.3) is 0 Å². The molecule has 0 spiro atoms. The molecule has 1 saturated heterocycles. The van der Waals surface area contributed by atoms with Gasteiger partial charge in [0, 0.05) is 0 Å². The Morgan fingerprint density at radius 1 is 1.30 bits per heavy atom. The van der Waals surface area contributed by atoms with Crippen LogP contribution in [-0.2, 0) is 19.4 Å². The van der Waals surface area contributed by atoms with Gasteiger partial charge < -0.3 is 25.2 Å². The smallest absolute Gasteiger partial charge is 0.394 e. The van der Waals surface area contributed by atoms with E-state index in [1.54, 1.807) is 0 Å². The first-order valence-corrected chi connectivity index (χ1v) is 7.58. The fourth-order valence-electron chi connectivity index (χ4n) is 1.45. The van der Waals surface area contributed by atoms with E-state index < -0.39 is 46.9 Å². The van der Waals surface area contributed by atoms with Crippen molar-refractivity contribution >= 4 is 27.2 Å². The number of nitrogens with zero attached hydrogens (tertiary/aromatic N) is 1. The molecule has 20 heavy (non-hydrogen) atoms. The summed E-state index contributed by atoms with van der Waals surface area (Å²) in [7, 11) is -4.74. The van der Waals surface area contributed by atoms with Crippen LogP contribution in [-0.4, -0.2) is 74.9 Å². The monoisotopic (exact) mass is 333 g/mol. The molecule has 5 N–H and O–H groups in total. The van der Waals surface area contributed by atoms with Gasteiger partial charge in [0.2, 0.25) is 0 Å².